The molecule has 4 bridgehead atoms. The molecule has 6 aromatic carbocycles. The van der Waals surface area contributed by atoms with Crippen LogP contribution in [0.25, 0.3) is 43.1 Å². The lowest BCUT2D eigenvalue weighted by molar-refractivity contribution is 0.505. The molecule has 10 heteroatoms. The summed E-state index contributed by atoms with van der Waals surface area (Å²) in [5.74, 6) is 16.0. The van der Waals surface area contributed by atoms with Crippen molar-refractivity contribution in [1.82, 2.24) is 17.5 Å². The molecule has 2 unspecified atom stereocenters. The van der Waals surface area contributed by atoms with E-state index in [9.17, 15) is 0 Å². The Labute approximate surface area is 554 Å². The number of rotatable bonds is 12. The molecule has 0 aliphatic heterocycles. The maximum absolute atomic E-state index is 5.64. The Morgan fingerprint density at radius 1 is 0.278 bits per heavy atom. The van der Waals surface area contributed by atoms with E-state index in [0.29, 0.717) is 66.5 Å². The topological polar surface area (TPSA) is 51.6 Å². The van der Waals surface area contributed by atoms with Gasteiger partial charge in [-0.25, -0.2) is 0 Å². The highest BCUT2D eigenvalue weighted by Gasteiger charge is 2.58. The summed E-state index contributed by atoms with van der Waals surface area (Å²) in [7, 11) is -9.37. The Morgan fingerprint density at radius 2 is 0.444 bits per heavy atom. The zero-order chi connectivity index (χ0) is 65.2. The fraction of sp³-hybridized carbons (Fsp3) is 0.500. The molecule has 468 valence electrons. The van der Waals surface area contributed by atoms with Crippen molar-refractivity contribution in [2.75, 3.05) is 0 Å². The Hall–Kier alpha value is -5.41. The fourth-order valence-electron chi connectivity index (χ4n) is 19.8. The van der Waals surface area contributed by atoms with Crippen molar-refractivity contribution < 1.29 is 0 Å². The van der Waals surface area contributed by atoms with Crippen molar-refractivity contribution in [3.63, 3.8) is 0 Å². The first kappa shape index (κ1) is 66.1. The maximum atomic E-state index is 5.64. The Balaban J connectivity index is 1.45. The molecule has 0 saturated carbocycles. The molecule has 0 amide bonds. The van der Waals surface area contributed by atoms with E-state index in [-0.39, 0.29) is 23.7 Å². The number of hydrogen-bond donors (Lipinski definition) is 0. The first-order chi connectivity index (χ1) is 42.6. The van der Waals surface area contributed by atoms with Gasteiger partial charge in [0, 0.05) is 45.9 Å². The van der Waals surface area contributed by atoms with Gasteiger partial charge >= 0.3 is 0 Å². The molecule has 0 spiro atoms. The van der Waals surface area contributed by atoms with Gasteiger partial charge in [-0.2, -0.15) is 17.5 Å². The van der Waals surface area contributed by atoms with Gasteiger partial charge in [0.2, 0.25) is 0 Å². The van der Waals surface area contributed by atoms with Crippen LogP contribution in [0.5, 0.6) is 0 Å². The van der Waals surface area contributed by atoms with E-state index in [2.05, 4.69) is 285 Å². The van der Waals surface area contributed by atoms with Gasteiger partial charge in [-0.15, -0.1) is 22.2 Å². The number of nitrogens with zero attached hydrogens (tertiary/aromatic N) is 4. The monoisotopic (exact) mass is 1290 g/mol. The number of fused-ring (bicyclic) bond motifs is 4. The number of hydrogen-bond acceptors (Lipinski definition) is 6. The van der Waals surface area contributed by atoms with Crippen molar-refractivity contribution in [2.45, 2.75) is 256 Å². The molecule has 90 heavy (non-hydrogen) atoms. The number of aromatic nitrogens is 4. The average molecular weight is 1290 g/mol. The van der Waals surface area contributed by atoms with Crippen LogP contribution in [-0.2, 0) is 0 Å². The van der Waals surface area contributed by atoms with Crippen LogP contribution in [0, 0.1) is 45.9 Å². The fourth-order valence-corrected chi connectivity index (χ4v) is 41.9. The summed E-state index contributed by atoms with van der Waals surface area (Å²) in [6.45, 7) is 58.9. The van der Waals surface area contributed by atoms with Crippen molar-refractivity contribution in [3.8, 4) is 45.9 Å². The van der Waals surface area contributed by atoms with Crippen LogP contribution in [0.1, 0.15) is 257 Å². The molecule has 2 heterocycles. The third-order valence-electron chi connectivity index (χ3n) is 23.8. The smallest absolute Gasteiger partial charge is 0.146 e. The lowest BCUT2D eigenvalue weighted by Crippen LogP contribution is -2.43. The molecular weight excluding hydrogens is 1190 g/mol. The van der Waals surface area contributed by atoms with Crippen molar-refractivity contribution >= 4 is 98.8 Å². The second-order valence-corrected chi connectivity index (χ2v) is 54.6. The van der Waals surface area contributed by atoms with Gasteiger partial charge in [-0.3, -0.25) is 0 Å². The molecule has 6 aliphatic carbocycles. The quantitative estimate of drug-likeness (QED) is 0.0695. The third kappa shape index (κ3) is 9.82. The molecule has 4 nitrogen and oxygen atoms in total. The highest BCUT2D eigenvalue weighted by atomic mass is 32.1. The largest absolute Gasteiger partial charge is 0.177 e. The van der Waals surface area contributed by atoms with Crippen LogP contribution in [0.4, 0.5) is 0 Å². The molecule has 8 aromatic rings. The summed E-state index contributed by atoms with van der Waals surface area (Å²) in [4.78, 5) is 0. The highest BCUT2D eigenvalue weighted by molar-refractivity contribution is 6.99. The Morgan fingerprint density at radius 3 is 0.600 bits per heavy atom. The molecule has 14 rings (SSSR count). The molecule has 2 aromatic heterocycles. The summed E-state index contributed by atoms with van der Waals surface area (Å²) >= 11 is 2.76. The Bertz CT molecular complexity index is 3770. The standard InChI is InChI=1S/C80H100N4S2Si4/c1-45(2)87(46(3)4,47(5)6)37-33-61-65-41-57-29-25-26-30-58(57)42-66(65)62(34-38-88(48(7)8,49(9)10)50(11)12)70-69(61)73-75-71-63(35-39-89(51(13)14,52(15)16)53(17)18)67-43-59-31-27-28-32-60(59)44-68(67)64(36-40-90(54(19)20,55(21)22)56(23)24)72(71)76(80-79(75)83-86-84-80)74(70)78-77(73)81-85-82-78/h25-32,41-56,73-76H,1-24H3/t73-,74?,75+,76?. The highest BCUT2D eigenvalue weighted by Crippen LogP contribution is 2.67. The van der Waals surface area contributed by atoms with Gasteiger partial charge in [0.05, 0.1) is 46.2 Å². The molecule has 0 N–H and O–H groups in total. The van der Waals surface area contributed by atoms with Gasteiger partial charge < -0.3 is 0 Å². The van der Waals surface area contributed by atoms with Gasteiger partial charge in [0.15, 0.2) is 0 Å². The van der Waals surface area contributed by atoms with Crippen LogP contribution in [0.3, 0.4) is 0 Å². The third-order valence-corrected chi connectivity index (χ3v) is 50.0. The Kier molecular flexibility index (Phi) is 18.0. The van der Waals surface area contributed by atoms with E-state index >= 15 is 0 Å². The lowest BCUT2D eigenvalue weighted by Gasteiger charge is -2.47. The molecule has 6 aliphatic rings. The van der Waals surface area contributed by atoms with Crippen LogP contribution in [-0.4, -0.2) is 49.8 Å². The molecule has 0 radical (unpaired) electrons. The van der Waals surface area contributed by atoms with E-state index in [0.717, 1.165) is 45.0 Å². The summed E-state index contributed by atoms with van der Waals surface area (Å²) < 4.78 is 22.6. The number of benzene rings is 6. The van der Waals surface area contributed by atoms with Crippen molar-refractivity contribution in [3.05, 3.63) is 140 Å². The summed E-state index contributed by atoms with van der Waals surface area (Å²) in [5, 5.41) is 9.60. The average Bonchev–Trinajstić information content (AvgIpc) is 1.11. The molecular formula is C80H100N4S2Si4. The van der Waals surface area contributed by atoms with Gasteiger partial charge in [-0.05, 0) is 156 Å². The van der Waals surface area contributed by atoms with E-state index in [4.69, 9.17) is 17.5 Å². The predicted octanol–water partition coefficient (Wildman–Crippen LogP) is 23.1. The lowest BCUT2D eigenvalue weighted by atomic mass is 9.54. The zero-order valence-electron chi connectivity index (χ0n) is 58.8. The summed E-state index contributed by atoms with van der Waals surface area (Å²) in [6, 6.07) is 27.9. The summed E-state index contributed by atoms with van der Waals surface area (Å²) in [6.07, 6.45) is 0. The predicted molar refractivity (Wildman–Crippen MR) is 402 cm³/mol. The minimum atomic E-state index is -2.34. The second kappa shape index (κ2) is 24.5. The molecule has 0 fully saturated rings. The SMILES string of the molecule is CC(C)[Si](C#Cc1c2c(c(C#C[Si](C(C)C)(C(C)C)C(C)C)c3cc4ccccc4cc13)[C@H]1c3nsnc3C2C2c3nsnc3[C@H]1c1c2c(C#C[Si](C(C)C)(C(C)C)C(C)C)c2cc3ccccc3cc2c1C#C[Si](C(C)C)(C(C)C)C(C)C)(C(C)C)C(C)C. The van der Waals surface area contributed by atoms with E-state index in [1.165, 1.54) is 88.8 Å². The molecule has 4 atom stereocenters. The van der Waals surface area contributed by atoms with E-state index < -0.39 is 32.3 Å². The van der Waals surface area contributed by atoms with Gasteiger partial charge in [-0.1, -0.05) is 238 Å². The van der Waals surface area contributed by atoms with Crippen LogP contribution in [0.15, 0.2) is 72.8 Å². The molecule has 0 saturated heterocycles. The maximum Gasteiger partial charge on any atom is 0.146 e. The van der Waals surface area contributed by atoms with E-state index in [1.54, 1.807) is 0 Å². The van der Waals surface area contributed by atoms with Gasteiger partial charge in [0.1, 0.15) is 32.3 Å². The van der Waals surface area contributed by atoms with E-state index in [1.807, 2.05) is 0 Å². The normalized spacial score (nSPS) is 17.3. The summed E-state index contributed by atoms with van der Waals surface area (Å²) in [5.41, 5.74) is 36.8. The van der Waals surface area contributed by atoms with Crippen molar-refractivity contribution in [2.24, 2.45) is 0 Å². The zero-order valence-corrected chi connectivity index (χ0v) is 64.4. The van der Waals surface area contributed by atoms with Crippen LogP contribution in [0.2, 0.25) is 66.5 Å². The second-order valence-electron chi connectivity index (χ2n) is 31.2. The minimum Gasteiger partial charge on any atom is -0.177 e. The first-order valence-corrected chi connectivity index (χ1v) is 44.8. The minimum absolute atomic E-state index is 0.346. The van der Waals surface area contributed by atoms with Crippen LogP contribution < -0.4 is 0 Å². The first-order valence-electron chi connectivity index (χ1n) is 34.4. The van der Waals surface area contributed by atoms with Crippen LogP contribution >= 0.6 is 23.5 Å². The van der Waals surface area contributed by atoms with Crippen molar-refractivity contribution in [1.29, 1.82) is 0 Å². The van der Waals surface area contributed by atoms with Gasteiger partial charge in [0.25, 0.3) is 0 Å².